The van der Waals surface area contributed by atoms with Crippen LogP contribution in [0.3, 0.4) is 0 Å². The van der Waals surface area contributed by atoms with Gasteiger partial charge in [0.2, 0.25) is 5.91 Å². The van der Waals surface area contributed by atoms with Crippen molar-refractivity contribution in [2.75, 3.05) is 0 Å². The molecule has 0 spiro atoms. The number of thiophene rings is 1. The van der Waals surface area contributed by atoms with Crippen molar-refractivity contribution in [3.05, 3.63) is 61.5 Å². The van der Waals surface area contributed by atoms with Gasteiger partial charge in [-0.25, -0.2) is 10.4 Å². The third kappa shape index (κ3) is 3.78. The fourth-order valence-corrected chi connectivity index (χ4v) is 3.56. The number of hydrogen-bond acceptors (Lipinski definition) is 5. The first kappa shape index (κ1) is 17.3. The van der Waals surface area contributed by atoms with E-state index in [4.69, 9.17) is 11.6 Å². The number of hydrazone groups is 1. The van der Waals surface area contributed by atoms with Gasteiger partial charge in [-0.1, -0.05) is 29.8 Å². The third-order valence-electron chi connectivity index (χ3n) is 3.71. The second-order valence-electron chi connectivity index (χ2n) is 5.47. The Morgan fingerprint density at radius 2 is 2.16 bits per heavy atom. The summed E-state index contributed by atoms with van der Waals surface area (Å²) < 4.78 is 0. The zero-order chi connectivity index (χ0) is 18.0. The van der Waals surface area contributed by atoms with Crippen molar-refractivity contribution in [3.63, 3.8) is 0 Å². The molecule has 25 heavy (non-hydrogen) atoms. The Morgan fingerprint density at radius 1 is 1.40 bits per heavy atom. The molecule has 6 nitrogen and oxygen atoms in total. The van der Waals surface area contributed by atoms with Crippen LogP contribution in [0.4, 0.5) is 0 Å². The first-order valence-electron chi connectivity index (χ1n) is 7.51. The summed E-state index contributed by atoms with van der Waals surface area (Å²) in [6, 6.07) is 7.15. The predicted molar refractivity (Wildman–Crippen MR) is 101 cm³/mol. The van der Waals surface area contributed by atoms with Gasteiger partial charge in [-0.05, 0) is 25.5 Å². The molecule has 2 N–H and O–H groups in total. The molecule has 1 amide bonds. The van der Waals surface area contributed by atoms with Gasteiger partial charge in [0.1, 0.15) is 10.7 Å². The molecule has 0 unspecified atom stereocenters. The summed E-state index contributed by atoms with van der Waals surface area (Å²) in [5.74, 6) is -0.0694. The Hall–Kier alpha value is -2.51. The van der Waals surface area contributed by atoms with Gasteiger partial charge in [-0.2, -0.15) is 5.10 Å². The Morgan fingerprint density at radius 3 is 2.92 bits per heavy atom. The second kappa shape index (κ2) is 7.16. The summed E-state index contributed by atoms with van der Waals surface area (Å²) in [4.78, 5) is 32.9. The molecule has 0 radical (unpaired) electrons. The number of aromatic nitrogens is 2. The fourth-order valence-electron chi connectivity index (χ4n) is 2.33. The number of H-pyrrole nitrogens is 1. The molecule has 128 valence electrons. The van der Waals surface area contributed by atoms with Gasteiger partial charge in [-0.15, -0.1) is 11.3 Å². The van der Waals surface area contributed by atoms with E-state index in [1.54, 1.807) is 12.1 Å². The number of carbonyl (C=O) groups is 1. The van der Waals surface area contributed by atoms with Crippen molar-refractivity contribution in [2.24, 2.45) is 5.10 Å². The molecule has 3 aromatic rings. The first-order chi connectivity index (χ1) is 12.0. The number of hydrogen-bond donors (Lipinski definition) is 2. The lowest BCUT2D eigenvalue weighted by atomic mass is 10.2. The minimum Gasteiger partial charge on any atom is -0.309 e. The highest BCUT2D eigenvalue weighted by molar-refractivity contribution is 7.18. The van der Waals surface area contributed by atoms with E-state index in [0.29, 0.717) is 26.6 Å². The molecular formula is C17H15ClN4O2S. The number of amides is 1. The SMILES string of the molecule is Cc1sc2nc(CC(=O)N/N=C\c3ccccc3Cl)[nH]c(=O)c2c1C. The Bertz CT molecular complexity index is 1040. The third-order valence-corrected chi connectivity index (χ3v) is 5.16. The lowest BCUT2D eigenvalue weighted by molar-refractivity contribution is -0.120. The largest absolute Gasteiger partial charge is 0.309 e. The van der Waals surface area contributed by atoms with E-state index in [-0.39, 0.29) is 17.9 Å². The maximum atomic E-state index is 12.2. The monoisotopic (exact) mass is 374 g/mol. The van der Waals surface area contributed by atoms with Gasteiger partial charge >= 0.3 is 0 Å². The minimum atomic E-state index is -0.379. The van der Waals surface area contributed by atoms with Crippen LogP contribution in [0.15, 0.2) is 34.2 Å². The quantitative estimate of drug-likeness (QED) is 0.543. The van der Waals surface area contributed by atoms with Crippen LogP contribution in [0.5, 0.6) is 0 Å². The number of fused-ring (bicyclic) bond motifs is 1. The second-order valence-corrected chi connectivity index (χ2v) is 7.08. The molecule has 2 heterocycles. The lowest BCUT2D eigenvalue weighted by Gasteiger charge is -2.01. The maximum Gasteiger partial charge on any atom is 0.259 e. The normalized spacial score (nSPS) is 11.3. The van der Waals surface area contributed by atoms with Crippen molar-refractivity contribution in [1.82, 2.24) is 15.4 Å². The van der Waals surface area contributed by atoms with Crippen LogP contribution >= 0.6 is 22.9 Å². The minimum absolute atomic E-state index is 0.0684. The molecule has 0 saturated heterocycles. The standard InChI is InChI=1S/C17H15ClN4O2S/c1-9-10(2)25-17-15(9)16(24)20-13(21-17)7-14(23)22-19-8-11-5-3-4-6-12(11)18/h3-6,8H,7H2,1-2H3,(H,22,23)(H,20,21,24)/b19-8-. The topological polar surface area (TPSA) is 87.2 Å². The number of rotatable bonds is 4. The molecule has 3 rings (SSSR count). The zero-order valence-electron chi connectivity index (χ0n) is 13.6. The summed E-state index contributed by atoms with van der Waals surface area (Å²) in [7, 11) is 0. The molecule has 1 aromatic carbocycles. The summed E-state index contributed by atoms with van der Waals surface area (Å²) in [6.45, 7) is 3.83. The van der Waals surface area contributed by atoms with E-state index in [1.807, 2.05) is 26.0 Å². The van der Waals surface area contributed by atoms with Crippen LogP contribution in [0.2, 0.25) is 5.02 Å². The molecule has 0 aliphatic rings. The Balaban J connectivity index is 1.72. The number of carbonyl (C=O) groups excluding carboxylic acids is 1. The van der Waals surface area contributed by atoms with Gasteiger partial charge in [0, 0.05) is 15.5 Å². The van der Waals surface area contributed by atoms with Crippen LogP contribution in [-0.4, -0.2) is 22.1 Å². The number of aryl methyl sites for hydroxylation is 2. The van der Waals surface area contributed by atoms with Crippen molar-refractivity contribution in [3.8, 4) is 0 Å². The van der Waals surface area contributed by atoms with E-state index in [1.165, 1.54) is 17.6 Å². The van der Waals surface area contributed by atoms with Gasteiger partial charge in [0.25, 0.3) is 5.56 Å². The summed E-state index contributed by atoms with van der Waals surface area (Å²) in [6.07, 6.45) is 1.40. The van der Waals surface area contributed by atoms with Crippen LogP contribution in [-0.2, 0) is 11.2 Å². The van der Waals surface area contributed by atoms with Crippen molar-refractivity contribution in [1.29, 1.82) is 0 Å². The molecule has 0 atom stereocenters. The zero-order valence-corrected chi connectivity index (χ0v) is 15.2. The number of halogens is 1. The molecule has 0 fully saturated rings. The van der Waals surface area contributed by atoms with E-state index in [0.717, 1.165) is 10.4 Å². The molecule has 0 aliphatic heterocycles. The molecule has 8 heteroatoms. The van der Waals surface area contributed by atoms with Gasteiger partial charge < -0.3 is 4.98 Å². The van der Waals surface area contributed by atoms with Crippen LogP contribution in [0.25, 0.3) is 10.2 Å². The highest BCUT2D eigenvalue weighted by Crippen LogP contribution is 2.25. The average Bonchev–Trinajstić information content (AvgIpc) is 2.84. The number of nitrogens with one attached hydrogen (secondary N) is 2. The van der Waals surface area contributed by atoms with Crippen LogP contribution in [0, 0.1) is 13.8 Å². The van der Waals surface area contributed by atoms with Crippen LogP contribution in [0.1, 0.15) is 21.8 Å². The highest BCUT2D eigenvalue weighted by Gasteiger charge is 2.13. The first-order valence-corrected chi connectivity index (χ1v) is 8.70. The maximum absolute atomic E-state index is 12.2. The fraction of sp³-hybridized carbons (Fsp3) is 0.176. The summed E-state index contributed by atoms with van der Waals surface area (Å²) in [5.41, 5.74) is 3.80. The smallest absolute Gasteiger partial charge is 0.259 e. The average molecular weight is 375 g/mol. The van der Waals surface area contributed by atoms with E-state index >= 15 is 0 Å². The van der Waals surface area contributed by atoms with Crippen LogP contribution < -0.4 is 11.0 Å². The van der Waals surface area contributed by atoms with Gasteiger partial charge in [-0.3, -0.25) is 9.59 Å². The highest BCUT2D eigenvalue weighted by atomic mass is 35.5. The van der Waals surface area contributed by atoms with E-state index < -0.39 is 0 Å². The van der Waals surface area contributed by atoms with Crippen molar-refractivity contribution < 1.29 is 4.79 Å². The molecular weight excluding hydrogens is 360 g/mol. The number of benzene rings is 1. The summed E-state index contributed by atoms with van der Waals surface area (Å²) in [5, 5.41) is 5.00. The molecule has 0 bridgehead atoms. The Labute approximate surface area is 152 Å². The Kier molecular flexibility index (Phi) is 4.96. The summed E-state index contributed by atoms with van der Waals surface area (Å²) >= 11 is 7.45. The van der Waals surface area contributed by atoms with Gasteiger partial charge in [0.15, 0.2) is 0 Å². The lowest BCUT2D eigenvalue weighted by Crippen LogP contribution is -2.23. The molecule has 0 saturated carbocycles. The predicted octanol–water partition coefficient (Wildman–Crippen LogP) is 2.95. The molecule has 2 aromatic heterocycles. The number of aromatic amines is 1. The van der Waals surface area contributed by atoms with E-state index in [2.05, 4.69) is 20.5 Å². The van der Waals surface area contributed by atoms with Crippen molar-refractivity contribution in [2.45, 2.75) is 20.3 Å². The van der Waals surface area contributed by atoms with Crippen molar-refractivity contribution >= 4 is 45.3 Å². The van der Waals surface area contributed by atoms with Gasteiger partial charge in [0.05, 0.1) is 18.0 Å². The van der Waals surface area contributed by atoms with E-state index in [9.17, 15) is 9.59 Å². The number of nitrogens with zero attached hydrogens (tertiary/aromatic N) is 2. The molecule has 0 aliphatic carbocycles.